The van der Waals surface area contributed by atoms with Crippen molar-refractivity contribution in [3.05, 3.63) is 83.5 Å². The Morgan fingerprint density at radius 3 is 2.88 bits per heavy atom. The van der Waals surface area contributed by atoms with Crippen molar-refractivity contribution < 1.29 is 9.21 Å². The van der Waals surface area contributed by atoms with Gasteiger partial charge in [-0.15, -0.1) is 0 Å². The molecule has 0 saturated carbocycles. The Bertz CT molecular complexity index is 776. The number of nitrogens with zero attached hydrogens (tertiary/aromatic N) is 2. The van der Waals surface area contributed by atoms with E-state index in [0.29, 0.717) is 11.6 Å². The topological polar surface area (TPSA) is 60.1 Å². The molecule has 0 bridgehead atoms. The van der Waals surface area contributed by atoms with Crippen molar-refractivity contribution >= 4 is 23.6 Å². The van der Waals surface area contributed by atoms with Crippen LogP contribution < -0.4 is 5.32 Å². The lowest BCUT2D eigenvalue weighted by Gasteiger charge is -2.15. The molecule has 122 valence electrons. The number of carbonyl (C=O) groups excluding carboxylic acids is 1. The van der Waals surface area contributed by atoms with Crippen molar-refractivity contribution in [3.63, 3.8) is 0 Å². The van der Waals surface area contributed by atoms with Crippen LogP contribution in [0.1, 0.15) is 17.4 Å². The van der Waals surface area contributed by atoms with E-state index in [9.17, 15) is 4.79 Å². The third-order valence-electron chi connectivity index (χ3n) is 3.50. The van der Waals surface area contributed by atoms with Gasteiger partial charge in [0.2, 0.25) is 5.91 Å². The van der Waals surface area contributed by atoms with Crippen LogP contribution in [0.3, 0.4) is 0 Å². The first-order valence-corrected chi connectivity index (χ1v) is 7.85. The summed E-state index contributed by atoms with van der Waals surface area (Å²) in [7, 11) is 0. The summed E-state index contributed by atoms with van der Waals surface area (Å²) in [6.07, 6.45) is 8.27. The average molecular weight is 342 g/mol. The second kappa shape index (κ2) is 7.66. The fourth-order valence-electron chi connectivity index (χ4n) is 2.30. The maximum absolute atomic E-state index is 12.1. The summed E-state index contributed by atoms with van der Waals surface area (Å²) >= 11 is 6.06. The van der Waals surface area contributed by atoms with E-state index in [2.05, 4.69) is 10.4 Å². The van der Waals surface area contributed by atoms with E-state index in [4.69, 9.17) is 16.0 Å². The molecule has 0 fully saturated rings. The van der Waals surface area contributed by atoms with Gasteiger partial charge in [0, 0.05) is 30.0 Å². The fourth-order valence-corrected chi connectivity index (χ4v) is 2.50. The third kappa shape index (κ3) is 3.94. The Morgan fingerprint density at radius 2 is 2.17 bits per heavy atom. The van der Waals surface area contributed by atoms with Gasteiger partial charge < -0.3 is 9.73 Å². The molecule has 1 aromatic carbocycles. The van der Waals surface area contributed by atoms with E-state index >= 15 is 0 Å². The summed E-state index contributed by atoms with van der Waals surface area (Å²) in [5, 5.41) is 7.69. The van der Waals surface area contributed by atoms with E-state index in [1.807, 2.05) is 42.6 Å². The number of carbonyl (C=O) groups is 1. The largest absolute Gasteiger partial charge is 0.467 e. The van der Waals surface area contributed by atoms with Crippen molar-refractivity contribution in [2.24, 2.45) is 0 Å². The number of hydrogen-bond acceptors (Lipinski definition) is 3. The maximum atomic E-state index is 12.1. The van der Waals surface area contributed by atoms with Crippen LogP contribution in [0.15, 0.2) is 71.6 Å². The predicted octanol–water partition coefficient (Wildman–Crippen LogP) is 3.55. The average Bonchev–Trinajstić information content (AvgIpc) is 3.28. The van der Waals surface area contributed by atoms with Crippen molar-refractivity contribution in [1.82, 2.24) is 15.1 Å². The number of aromatic nitrogens is 2. The van der Waals surface area contributed by atoms with E-state index in [1.54, 1.807) is 29.3 Å². The Morgan fingerprint density at radius 1 is 1.29 bits per heavy atom. The summed E-state index contributed by atoms with van der Waals surface area (Å²) in [5.74, 6) is 0.521. The van der Waals surface area contributed by atoms with E-state index in [1.165, 1.54) is 6.08 Å². The van der Waals surface area contributed by atoms with E-state index in [0.717, 1.165) is 11.3 Å². The molecule has 1 N–H and O–H groups in total. The van der Waals surface area contributed by atoms with Gasteiger partial charge in [-0.2, -0.15) is 5.10 Å². The zero-order chi connectivity index (χ0) is 16.8. The smallest absolute Gasteiger partial charge is 0.244 e. The Hall–Kier alpha value is -2.79. The summed E-state index contributed by atoms with van der Waals surface area (Å²) < 4.78 is 7.20. The SMILES string of the molecule is O=C(/C=C/c1ccccc1Cl)NCC(c1ccco1)n1cccn1. The van der Waals surface area contributed by atoms with Crippen LogP contribution in [-0.2, 0) is 4.79 Å². The van der Waals surface area contributed by atoms with Crippen molar-refractivity contribution in [2.75, 3.05) is 6.54 Å². The predicted molar refractivity (Wildman–Crippen MR) is 92.6 cm³/mol. The highest BCUT2D eigenvalue weighted by molar-refractivity contribution is 6.32. The molecule has 5 nitrogen and oxygen atoms in total. The molecule has 1 amide bonds. The molecule has 0 aliphatic rings. The number of halogens is 1. The number of benzene rings is 1. The molecule has 2 aromatic heterocycles. The molecule has 2 heterocycles. The van der Waals surface area contributed by atoms with Gasteiger partial charge >= 0.3 is 0 Å². The normalized spacial score (nSPS) is 12.4. The molecule has 1 unspecified atom stereocenters. The third-order valence-corrected chi connectivity index (χ3v) is 3.85. The molecular formula is C18H16ClN3O2. The maximum Gasteiger partial charge on any atom is 0.244 e. The molecular weight excluding hydrogens is 326 g/mol. The van der Waals surface area contributed by atoms with Crippen LogP contribution in [-0.4, -0.2) is 22.2 Å². The van der Waals surface area contributed by atoms with Gasteiger partial charge in [0.15, 0.2) is 0 Å². The molecule has 0 aliphatic heterocycles. The summed E-state index contributed by atoms with van der Waals surface area (Å²) in [6.45, 7) is 0.362. The highest BCUT2D eigenvalue weighted by atomic mass is 35.5. The highest BCUT2D eigenvalue weighted by Crippen LogP contribution is 2.18. The molecule has 3 aromatic rings. The van der Waals surface area contributed by atoms with Crippen LogP contribution in [0, 0.1) is 0 Å². The molecule has 24 heavy (non-hydrogen) atoms. The van der Waals surface area contributed by atoms with Crippen LogP contribution >= 0.6 is 11.6 Å². The number of hydrogen-bond donors (Lipinski definition) is 1. The molecule has 0 spiro atoms. The second-order valence-corrected chi connectivity index (χ2v) is 5.52. The van der Waals surface area contributed by atoms with Gasteiger partial charge in [-0.1, -0.05) is 29.8 Å². The number of rotatable bonds is 6. The number of furan rings is 1. The Balaban J connectivity index is 1.65. The first-order valence-electron chi connectivity index (χ1n) is 7.47. The van der Waals surface area contributed by atoms with Crippen LogP contribution in [0.4, 0.5) is 0 Å². The lowest BCUT2D eigenvalue weighted by molar-refractivity contribution is -0.116. The van der Waals surface area contributed by atoms with Crippen LogP contribution in [0.5, 0.6) is 0 Å². The second-order valence-electron chi connectivity index (χ2n) is 5.12. The molecule has 0 aliphatic carbocycles. The van der Waals surface area contributed by atoms with Crippen LogP contribution in [0.2, 0.25) is 5.02 Å². The summed E-state index contributed by atoms with van der Waals surface area (Å²) in [4.78, 5) is 12.1. The van der Waals surface area contributed by atoms with Crippen molar-refractivity contribution in [3.8, 4) is 0 Å². The highest BCUT2D eigenvalue weighted by Gasteiger charge is 2.17. The zero-order valence-electron chi connectivity index (χ0n) is 12.8. The molecule has 0 radical (unpaired) electrons. The Labute approximate surface area is 144 Å². The Kier molecular flexibility index (Phi) is 5.13. The minimum Gasteiger partial charge on any atom is -0.467 e. The first-order chi connectivity index (χ1) is 11.7. The minimum absolute atomic E-state index is 0.201. The standard InChI is InChI=1S/C18H16ClN3O2/c19-15-6-2-1-5-14(15)8-9-18(23)20-13-16(17-7-3-12-24-17)22-11-4-10-21-22/h1-12,16H,13H2,(H,20,23)/b9-8+. The number of amides is 1. The first kappa shape index (κ1) is 16.1. The van der Waals surface area contributed by atoms with Gasteiger partial charge in [-0.05, 0) is 35.9 Å². The van der Waals surface area contributed by atoms with Crippen LogP contribution in [0.25, 0.3) is 6.08 Å². The summed E-state index contributed by atoms with van der Waals surface area (Å²) in [6, 6.07) is 12.6. The summed E-state index contributed by atoms with van der Waals surface area (Å²) in [5.41, 5.74) is 0.795. The lowest BCUT2D eigenvalue weighted by Crippen LogP contribution is -2.30. The molecule has 1 atom stereocenters. The molecule has 6 heteroatoms. The van der Waals surface area contributed by atoms with Gasteiger partial charge in [0.25, 0.3) is 0 Å². The lowest BCUT2D eigenvalue weighted by atomic mass is 10.2. The van der Waals surface area contributed by atoms with E-state index in [-0.39, 0.29) is 11.9 Å². The zero-order valence-corrected chi connectivity index (χ0v) is 13.6. The van der Waals surface area contributed by atoms with Gasteiger partial charge in [0.1, 0.15) is 11.8 Å². The quantitative estimate of drug-likeness (QED) is 0.697. The van der Waals surface area contributed by atoms with Gasteiger partial charge in [0.05, 0.1) is 6.26 Å². The fraction of sp³-hybridized carbons (Fsp3) is 0.111. The number of nitrogens with one attached hydrogen (secondary N) is 1. The van der Waals surface area contributed by atoms with Gasteiger partial charge in [-0.25, -0.2) is 0 Å². The van der Waals surface area contributed by atoms with Gasteiger partial charge in [-0.3, -0.25) is 9.48 Å². The van der Waals surface area contributed by atoms with Crippen molar-refractivity contribution in [2.45, 2.75) is 6.04 Å². The van der Waals surface area contributed by atoms with Crippen molar-refractivity contribution in [1.29, 1.82) is 0 Å². The monoisotopic (exact) mass is 341 g/mol. The molecule has 3 rings (SSSR count). The van der Waals surface area contributed by atoms with E-state index < -0.39 is 0 Å². The minimum atomic E-state index is -0.210. The molecule has 0 saturated heterocycles.